The summed E-state index contributed by atoms with van der Waals surface area (Å²) in [6.07, 6.45) is 0. The lowest BCUT2D eigenvalue weighted by Gasteiger charge is -2.05. The van der Waals surface area contributed by atoms with Crippen molar-refractivity contribution in [3.05, 3.63) is 24.3 Å². The molecule has 3 rings (SSSR count). The number of hydrogen-bond donors (Lipinski definition) is 2. The van der Waals surface area contributed by atoms with Crippen molar-refractivity contribution in [1.82, 2.24) is 0 Å². The molecule has 1 aromatic rings. The molecule has 0 aromatic heterocycles. The van der Waals surface area contributed by atoms with E-state index in [0.29, 0.717) is 16.5 Å². The van der Waals surface area contributed by atoms with Crippen molar-refractivity contribution in [2.24, 2.45) is 10.1 Å². The summed E-state index contributed by atoms with van der Waals surface area (Å²) in [7, 11) is 0. The zero-order valence-corrected chi connectivity index (χ0v) is 9.95. The molecule has 0 unspecified atom stereocenters. The monoisotopic (exact) mass is 260 g/mol. The third kappa shape index (κ3) is 1.88. The molecule has 6 nitrogen and oxygen atoms in total. The van der Waals surface area contributed by atoms with Gasteiger partial charge in [0.25, 0.3) is 5.91 Å². The van der Waals surface area contributed by atoms with Crippen molar-refractivity contribution in [3.8, 4) is 5.75 Å². The van der Waals surface area contributed by atoms with E-state index < -0.39 is 0 Å². The van der Waals surface area contributed by atoms with Gasteiger partial charge in [-0.05, 0) is 12.1 Å². The second kappa shape index (κ2) is 4.26. The largest absolute Gasteiger partial charge is 0.435 e. The Balaban J connectivity index is 1.96. The minimum atomic E-state index is -0.215. The highest BCUT2D eigenvalue weighted by atomic mass is 32.2. The van der Waals surface area contributed by atoms with Crippen LogP contribution in [0.2, 0.25) is 0 Å². The highest BCUT2D eigenvalue weighted by molar-refractivity contribution is 8.17. The highest BCUT2D eigenvalue weighted by Gasteiger charge is 2.26. The van der Waals surface area contributed by atoms with E-state index in [1.165, 1.54) is 11.8 Å². The summed E-state index contributed by atoms with van der Waals surface area (Å²) in [4.78, 5) is 14.9. The molecular formula is C11H8N4O2S. The van der Waals surface area contributed by atoms with Gasteiger partial charge in [-0.3, -0.25) is 15.6 Å². The van der Waals surface area contributed by atoms with Gasteiger partial charge in [0.05, 0.1) is 11.4 Å². The van der Waals surface area contributed by atoms with E-state index in [0.717, 1.165) is 0 Å². The topological polar surface area (TPSA) is 86.9 Å². The van der Waals surface area contributed by atoms with Crippen LogP contribution in [0.1, 0.15) is 0 Å². The molecule has 2 N–H and O–H groups in total. The summed E-state index contributed by atoms with van der Waals surface area (Å²) in [5.41, 5.74) is 3.74. The third-order valence-electron chi connectivity index (χ3n) is 2.36. The van der Waals surface area contributed by atoms with Gasteiger partial charge >= 0.3 is 0 Å². The molecule has 2 aliphatic rings. The molecular weight excluding hydrogens is 252 g/mol. The fourth-order valence-electron chi connectivity index (χ4n) is 1.55. The Morgan fingerprint density at radius 2 is 2.22 bits per heavy atom. The number of ether oxygens (including phenoxy) is 1. The van der Waals surface area contributed by atoms with Crippen LogP contribution < -0.4 is 10.2 Å². The van der Waals surface area contributed by atoms with Crippen LogP contribution in [0.4, 0.5) is 5.69 Å². The number of nitrogens with one attached hydrogen (secondary N) is 2. The fourth-order valence-corrected chi connectivity index (χ4v) is 2.31. The first-order valence-electron chi connectivity index (χ1n) is 5.18. The van der Waals surface area contributed by atoms with Crippen LogP contribution >= 0.6 is 11.8 Å². The Morgan fingerprint density at radius 3 is 3.00 bits per heavy atom. The molecule has 1 aromatic carbocycles. The number of rotatable bonds is 1. The quantitative estimate of drug-likeness (QED) is 0.801. The SMILES string of the molecule is N=C1Oc2ccccc2NN=C1C1=NC(=O)CS1. The summed E-state index contributed by atoms with van der Waals surface area (Å²) in [5, 5.41) is 12.3. The predicted octanol–water partition coefficient (Wildman–Crippen LogP) is 1.50. The number of carbonyl (C=O) groups excluding carboxylic acids is 1. The van der Waals surface area contributed by atoms with Gasteiger partial charge in [0, 0.05) is 0 Å². The number of thioether (sulfide) groups is 1. The Kier molecular flexibility index (Phi) is 2.60. The molecule has 1 amide bonds. The van der Waals surface area contributed by atoms with Crippen molar-refractivity contribution < 1.29 is 9.53 Å². The second-order valence-corrected chi connectivity index (χ2v) is 4.56. The molecule has 0 atom stereocenters. The first-order valence-corrected chi connectivity index (χ1v) is 6.17. The molecule has 0 aliphatic carbocycles. The fraction of sp³-hybridized carbons (Fsp3) is 0.0909. The lowest BCUT2D eigenvalue weighted by molar-refractivity contribution is -0.115. The number of carbonyl (C=O) groups is 1. The Hall–Kier alpha value is -2.15. The molecule has 0 bridgehead atoms. The standard InChI is InChI=1S/C11H8N4O2S/c12-10-9(11-13-8(16)5-18-11)15-14-6-3-1-2-4-7(6)17-10/h1-4,12,14H,5H2. The number of fused-ring (bicyclic) bond motifs is 1. The maximum atomic E-state index is 11.1. The van der Waals surface area contributed by atoms with Gasteiger partial charge in [0.15, 0.2) is 11.5 Å². The van der Waals surface area contributed by atoms with Crippen molar-refractivity contribution in [2.45, 2.75) is 0 Å². The van der Waals surface area contributed by atoms with Gasteiger partial charge in [0.2, 0.25) is 5.90 Å². The van der Waals surface area contributed by atoms with Crippen LogP contribution in [0.15, 0.2) is 34.4 Å². The van der Waals surface area contributed by atoms with E-state index in [1.807, 2.05) is 12.1 Å². The van der Waals surface area contributed by atoms with Crippen LogP contribution in [0.3, 0.4) is 0 Å². The number of hydrogen-bond acceptors (Lipinski definition) is 6. The molecule has 90 valence electrons. The summed E-state index contributed by atoms with van der Waals surface area (Å²) in [6, 6.07) is 7.18. The number of nitrogens with zero attached hydrogens (tertiary/aromatic N) is 2. The minimum absolute atomic E-state index is 0.117. The van der Waals surface area contributed by atoms with Crippen LogP contribution in [0.25, 0.3) is 0 Å². The molecule has 7 heteroatoms. The number of anilines is 1. The number of amides is 1. The van der Waals surface area contributed by atoms with E-state index in [4.69, 9.17) is 10.1 Å². The zero-order chi connectivity index (χ0) is 12.5. The van der Waals surface area contributed by atoms with Gasteiger partial charge in [-0.15, -0.1) is 0 Å². The molecule has 0 saturated carbocycles. The molecule has 0 radical (unpaired) electrons. The van der Waals surface area contributed by atoms with Crippen molar-refractivity contribution >= 4 is 40.0 Å². The van der Waals surface area contributed by atoms with Crippen molar-refractivity contribution in [3.63, 3.8) is 0 Å². The second-order valence-electron chi connectivity index (χ2n) is 3.60. The molecule has 18 heavy (non-hydrogen) atoms. The number of para-hydroxylation sites is 2. The Labute approximate surface area is 107 Å². The zero-order valence-electron chi connectivity index (χ0n) is 9.14. The van der Waals surface area contributed by atoms with Crippen LogP contribution in [-0.2, 0) is 4.79 Å². The van der Waals surface area contributed by atoms with Crippen LogP contribution in [0, 0.1) is 5.41 Å². The number of aliphatic imine (C=N–C) groups is 1. The molecule has 2 aliphatic heterocycles. The highest BCUT2D eigenvalue weighted by Crippen LogP contribution is 2.27. The molecule has 0 spiro atoms. The maximum absolute atomic E-state index is 11.1. The average molecular weight is 260 g/mol. The minimum Gasteiger partial charge on any atom is -0.435 e. The summed E-state index contributed by atoms with van der Waals surface area (Å²) in [6.45, 7) is 0. The maximum Gasteiger partial charge on any atom is 0.257 e. The lowest BCUT2D eigenvalue weighted by Crippen LogP contribution is -2.25. The first kappa shape index (κ1) is 11.0. The van der Waals surface area contributed by atoms with Gasteiger partial charge in [-0.25, -0.2) is 4.99 Å². The number of hydrazone groups is 1. The Morgan fingerprint density at radius 1 is 1.39 bits per heavy atom. The Bertz CT molecular complexity index is 609. The molecule has 0 saturated heterocycles. The van der Waals surface area contributed by atoms with Crippen LogP contribution in [0.5, 0.6) is 5.75 Å². The average Bonchev–Trinajstić information content (AvgIpc) is 2.70. The van der Waals surface area contributed by atoms with E-state index in [9.17, 15) is 4.79 Å². The summed E-state index contributed by atoms with van der Waals surface area (Å²) >= 11 is 1.26. The van der Waals surface area contributed by atoms with Crippen LogP contribution in [-0.4, -0.2) is 28.3 Å². The smallest absolute Gasteiger partial charge is 0.257 e. The van der Waals surface area contributed by atoms with Gasteiger partial charge in [-0.1, -0.05) is 23.9 Å². The van der Waals surface area contributed by atoms with E-state index in [-0.39, 0.29) is 23.3 Å². The predicted molar refractivity (Wildman–Crippen MR) is 70.8 cm³/mol. The lowest BCUT2D eigenvalue weighted by atomic mass is 10.3. The molecule has 0 fully saturated rings. The van der Waals surface area contributed by atoms with E-state index in [2.05, 4.69) is 15.5 Å². The first-order chi connectivity index (χ1) is 8.74. The number of benzene rings is 1. The van der Waals surface area contributed by atoms with Gasteiger partial charge < -0.3 is 4.74 Å². The van der Waals surface area contributed by atoms with Crippen molar-refractivity contribution in [2.75, 3.05) is 11.2 Å². The van der Waals surface area contributed by atoms with E-state index >= 15 is 0 Å². The normalized spacial score (nSPS) is 18.2. The third-order valence-corrected chi connectivity index (χ3v) is 3.31. The van der Waals surface area contributed by atoms with Gasteiger partial charge in [-0.2, -0.15) is 5.10 Å². The summed E-state index contributed by atoms with van der Waals surface area (Å²) in [5.74, 6) is 0.478. The van der Waals surface area contributed by atoms with Gasteiger partial charge in [0.1, 0.15) is 5.04 Å². The van der Waals surface area contributed by atoms with E-state index in [1.54, 1.807) is 12.1 Å². The van der Waals surface area contributed by atoms with Crippen molar-refractivity contribution in [1.29, 1.82) is 5.41 Å². The summed E-state index contributed by atoms with van der Waals surface area (Å²) < 4.78 is 5.40. The molecule has 2 heterocycles.